The molecular formula is C56H46N2O2. The highest BCUT2D eigenvalue weighted by Crippen LogP contribution is 2.49. The highest BCUT2D eigenvalue weighted by Gasteiger charge is 2.37. The van der Waals surface area contributed by atoms with E-state index < -0.39 is 0 Å². The lowest BCUT2D eigenvalue weighted by molar-refractivity contribution is 0.332. The predicted molar refractivity (Wildman–Crippen MR) is 248 cm³/mol. The van der Waals surface area contributed by atoms with Crippen molar-refractivity contribution in [1.82, 2.24) is 4.57 Å². The second-order valence-electron chi connectivity index (χ2n) is 18.3. The van der Waals surface area contributed by atoms with Crippen LogP contribution in [0, 0.1) is 0 Å². The zero-order valence-corrected chi connectivity index (χ0v) is 34.5. The molecule has 7 aromatic carbocycles. The Hall–Kier alpha value is -6.78. The van der Waals surface area contributed by atoms with Gasteiger partial charge in [0.05, 0.1) is 11.0 Å². The predicted octanol–water partition coefficient (Wildman–Crippen LogP) is 15.2. The van der Waals surface area contributed by atoms with Gasteiger partial charge in [-0.15, -0.1) is 0 Å². The number of benzene rings is 7. The Kier molecular flexibility index (Phi) is 7.54. The van der Waals surface area contributed by atoms with E-state index in [-0.39, 0.29) is 16.7 Å². The minimum atomic E-state index is 0.137. The molecule has 0 bridgehead atoms. The molecule has 4 nitrogen and oxygen atoms in total. The van der Waals surface area contributed by atoms with Gasteiger partial charge in [-0.1, -0.05) is 113 Å². The second-order valence-corrected chi connectivity index (χ2v) is 18.3. The van der Waals surface area contributed by atoms with Crippen LogP contribution in [0.15, 0.2) is 180 Å². The quantitative estimate of drug-likeness (QED) is 0.174. The van der Waals surface area contributed by atoms with Gasteiger partial charge in [-0.3, -0.25) is 0 Å². The third kappa shape index (κ3) is 5.36. The molecule has 12 rings (SSSR count). The summed E-state index contributed by atoms with van der Waals surface area (Å²) >= 11 is 0. The second kappa shape index (κ2) is 12.9. The summed E-state index contributed by atoms with van der Waals surface area (Å²) in [4.78, 5) is 2.34. The van der Waals surface area contributed by atoms with E-state index in [1.165, 1.54) is 68.2 Å². The van der Waals surface area contributed by atoms with Crippen molar-refractivity contribution >= 4 is 55.1 Å². The molecule has 0 radical (unpaired) electrons. The molecule has 0 amide bonds. The van der Waals surface area contributed by atoms with Crippen molar-refractivity contribution in [2.45, 2.75) is 63.7 Å². The first-order chi connectivity index (χ1) is 29.2. The van der Waals surface area contributed by atoms with Crippen LogP contribution in [0.25, 0.3) is 60.6 Å². The molecule has 0 fully saturated rings. The van der Waals surface area contributed by atoms with Crippen LogP contribution >= 0.6 is 0 Å². The number of fused-ring (bicyclic) bond motifs is 10. The summed E-state index contributed by atoms with van der Waals surface area (Å²) in [5, 5.41) is 4.77. The zero-order chi connectivity index (χ0) is 40.3. The normalized spacial score (nSPS) is 17.6. The number of ether oxygens (including phenoxy) is 1. The fraction of sp³-hybridized carbons (Fsp3) is 0.179. The van der Waals surface area contributed by atoms with Gasteiger partial charge in [0.2, 0.25) is 0 Å². The van der Waals surface area contributed by atoms with Gasteiger partial charge in [0.15, 0.2) is 0 Å². The summed E-state index contributed by atoms with van der Waals surface area (Å²) in [6, 6.07) is 55.3. The lowest BCUT2D eigenvalue weighted by atomic mass is 9.63. The fourth-order valence-corrected chi connectivity index (χ4v) is 10.4. The lowest BCUT2D eigenvalue weighted by Gasteiger charge is -2.42. The monoisotopic (exact) mass is 778 g/mol. The molecule has 2 aromatic heterocycles. The number of nitrogens with zero attached hydrogens (tertiary/aromatic N) is 2. The van der Waals surface area contributed by atoms with Gasteiger partial charge in [-0.2, -0.15) is 0 Å². The summed E-state index contributed by atoms with van der Waals surface area (Å²) in [6.07, 6.45) is 7.85. The minimum Gasteiger partial charge on any atom is -0.461 e. The van der Waals surface area contributed by atoms with Gasteiger partial charge in [-0.25, -0.2) is 0 Å². The summed E-state index contributed by atoms with van der Waals surface area (Å²) in [6.45, 7) is 9.62. The molecule has 1 atom stereocenters. The number of allylic oxidation sites excluding steroid dienone is 3. The van der Waals surface area contributed by atoms with Crippen molar-refractivity contribution < 1.29 is 9.15 Å². The van der Waals surface area contributed by atoms with E-state index in [1.54, 1.807) is 0 Å². The maximum atomic E-state index is 6.46. The van der Waals surface area contributed by atoms with Crippen molar-refractivity contribution in [3.63, 3.8) is 0 Å². The van der Waals surface area contributed by atoms with Crippen LogP contribution in [0.2, 0.25) is 0 Å². The van der Waals surface area contributed by atoms with E-state index in [0.717, 1.165) is 56.9 Å². The average molecular weight is 779 g/mol. The van der Waals surface area contributed by atoms with Gasteiger partial charge in [-0.05, 0) is 119 Å². The highest BCUT2D eigenvalue weighted by atomic mass is 16.5. The molecular weight excluding hydrogens is 733 g/mol. The fourth-order valence-electron chi connectivity index (χ4n) is 10.4. The Morgan fingerprint density at radius 2 is 1.27 bits per heavy atom. The van der Waals surface area contributed by atoms with Gasteiger partial charge in [0.1, 0.15) is 22.7 Å². The topological polar surface area (TPSA) is 30.5 Å². The average Bonchev–Trinajstić information content (AvgIpc) is 3.94. The Bertz CT molecular complexity index is 3280. The van der Waals surface area contributed by atoms with Crippen molar-refractivity contribution in [2.75, 3.05) is 4.90 Å². The van der Waals surface area contributed by atoms with Crippen LogP contribution in [0.1, 0.15) is 69.6 Å². The minimum absolute atomic E-state index is 0.137. The SMILES string of the molecule is CC1(C)CCC(C)(C)c2cc(-n3c4ccccc4c4cc(-c5ccc(N(C6=CCC7C(=C6)Oc6ccccc67)c6ccc7c(c6)oc6ccccc67)cc5)ccc43)ccc21. The zero-order valence-electron chi connectivity index (χ0n) is 34.5. The molecule has 0 saturated heterocycles. The van der Waals surface area contributed by atoms with Crippen LogP contribution in [-0.4, -0.2) is 4.57 Å². The molecule has 0 spiro atoms. The van der Waals surface area contributed by atoms with Crippen molar-refractivity contribution in [3.05, 3.63) is 192 Å². The molecule has 9 aromatic rings. The first kappa shape index (κ1) is 35.2. The van der Waals surface area contributed by atoms with Gasteiger partial charge >= 0.3 is 0 Å². The van der Waals surface area contributed by atoms with E-state index in [0.29, 0.717) is 0 Å². The number of hydrogen-bond donors (Lipinski definition) is 0. The number of rotatable bonds is 5. The molecule has 1 unspecified atom stereocenters. The standard InChI is InChI=1S/C56H46N2O2/c1-55(2)29-30-56(3,4)48-32-38(24-27-47(48)55)58-49-14-8-5-11-41(49)46-31-36(19-28-50(46)58)35-17-20-37(21-18-35)57(39-22-25-44-42-12-6-9-15-51(42)59-53(44)33-39)40-23-26-45-43-13-7-10-16-52(43)60-54(45)34-40/h5-25,27-28,31-34,45H,26,29-30H2,1-4H3. The maximum Gasteiger partial charge on any atom is 0.137 e. The molecule has 2 aliphatic carbocycles. The van der Waals surface area contributed by atoms with Crippen LogP contribution in [0.5, 0.6) is 5.75 Å². The van der Waals surface area contributed by atoms with Gasteiger partial charge < -0.3 is 18.6 Å². The Balaban J connectivity index is 0.943. The number of aromatic nitrogens is 1. The van der Waals surface area contributed by atoms with E-state index in [9.17, 15) is 0 Å². The van der Waals surface area contributed by atoms with Gasteiger partial charge in [0, 0.05) is 67.9 Å². The third-order valence-corrected chi connectivity index (χ3v) is 13.8. The van der Waals surface area contributed by atoms with E-state index in [4.69, 9.17) is 9.15 Å². The summed E-state index contributed by atoms with van der Waals surface area (Å²) in [5.41, 5.74) is 15.6. The summed E-state index contributed by atoms with van der Waals surface area (Å²) < 4.78 is 15.3. The first-order valence-electron chi connectivity index (χ1n) is 21.4. The third-order valence-electron chi connectivity index (χ3n) is 13.8. The Morgan fingerprint density at radius 1 is 0.567 bits per heavy atom. The smallest absolute Gasteiger partial charge is 0.137 e. The molecule has 1 aliphatic heterocycles. The first-order valence-corrected chi connectivity index (χ1v) is 21.4. The highest BCUT2D eigenvalue weighted by molar-refractivity contribution is 6.10. The number of para-hydroxylation sites is 3. The molecule has 4 heteroatoms. The largest absolute Gasteiger partial charge is 0.461 e. The van der Waals surface area contributed by atoms with Crippen LogP contribution in [0.3, 0.4) is 0 Å². The van der Waals surface area contributed by atoms with E-state index in [2.05, 4.69) is 183 Å². The van der Waals surface area contributed by atoms with Crippen molar-refractivity contribution in [1.29, 1.82) is 0 Å². The molecule has 0 N–H and O–H groups in total. The number of anilines is 2. The van der Waals surface area contributed by atoms with Crippen LogP contribution in [0.4, 0.5) is 11.4 Å². The lowest BCUT2D eigenvalue weighted by Crippen LogP contribution is -2.33. The molecule has 0 saturated carbocycles. The van der Waals surface area contributed by atoms with Crippen LogP contribution in [-0.2, 0) is 10.8 Å². The molecule has 3 aliphatic rings. The maximum absolute atomic E-state index is 6.46. The molecule has 292 valence electrons. The summed E-state index contributed by atoms with van der Waals surface area (Å²) in [5.74, 6) is 2.19. The van der Waals surface area contributed by atoms with Crippen molar-refractivity contribution in [2.24, 2.45) is 0 Å². The number of furan rings is 1. The molecule has 60 heavy (non-hydrogen) atoms. The Morgan fingerprint density at radius 3 is 2.13 bits per heavy atom. The van der Waals surface area contributed by atoms with E-state index in [1.807, 2.05) is 18.2 Å². The van der Waals surface area contributed by atoms with Crippen LogP contribution < -0.4 is 9.64 Å². The van der Waals surface area contributed by atoms with E-state index >= 15 is 0 Å². The Labute approximate surface area is 350 Å². The van der Waals surface area contributed by atoms with Crippen molar-refractivity contribution in [3.8, 4) is 22.6 Å². The summed E-state index contributed by atoms with van der Waals surface area (Å²) in [7, 11) is 0. The molecule has 3 heterocycles. The number of hydrogen-bond acceptors (Lipinski definition) is 3. The van der Waals surface area contributed by atoms with Gasteiger partial charge in [0.25, 0.3) is 0 Å².